The monoisotopic (exact) mass is 302 g/mol. The first-order chi connectivity index (χ1) is 8.76. The molecule has 0 aliphatic heterocycles. The lowest BCUT2D eigenvalue weighted by molar-refractivity contribution is 1.07. The Morgan fingerprint density at radius 2 is 2.11 bits per heavy atom. The summed E-state index contributed by atoms with van der Waals surface area (Å²) in [5.74, 6) is 0.770. The van der Waals surface area contributed by atoms with Gasteiger partial charge >= 0.3 is 0 Å². The normalized spacial score (nSPS) is 11.0. The quantitative estimate of drug-likeness (QED) is 0.765. The number of nitrogens with zero attached hydrogens (tertiary/aromatic N) is 2. The van der Waals surface area contributed by atoms with E-state index < -0.39 is 0 Å². The van der Waals surface area contributed by atoms with Gasteiger partial charge in [-0.3, -0.25) is 4.98 Å². The van der Waals surface area contributed by atoms with Crippen LogP contribution in [0.5, 0.6) is 0 Å². The number of rotatable bonds is 2. The van der Waals surface area contributed by atoms with Gasteiger partial charge in [0.25, 0.3) is 0 Å². The fourth-order valence-electron chi connectivity index (χ4n) is 1.82. The van der Waals surface area contributed by atoms with E-state index in [9.17, 15) is 0 Å². The number of halogens is 1. The average Bonchev–Trinajstić information content (AvgIpc) is 2.82. The van der Waals surface area contributed by atoms with E-state index in [2.05, 4.69) is 30.9 Å². The topological polar surface area (TPSA) is 67.6 Å². The summed E-state index contributed by atoms with van der Waals surface area (Å²) < 4.78 is 0.952. The van der Waals surface area contributed by atoms with Gasteiger partial charge < -0.3 is 10.7 Å². The molecule has 3 rings (SSSR count). The molecule has 0 bridgehead atoms. The maximum atomic E-state index is 5.62. The van der Waals surface area contributed by atoms with Crippen molar-refractivity contribution in [2.24, 2.45) is 5.73 Å². The molecule has 0 atom stereocenters. The van der Waals surface area contributed by atoms with Crippen LogP contribution in [-0.4, -0.2) is 15.0 Å². The van der Waals surface area contributed by atoms with Crippen LogP contribution in [0.15, 0.2) is 41.0 Å². The Hall–Kier alpha value is -1.72. The molecule has 2 aromatic heterocycles. The number of hydrogen-bond acceptors (Lipinski definition) is 3. The second-order valence-corrected chi connectivity index (χ2v) is 4.92. The second kappa shape index (κ2) is 4.51. The van der Waals surface area contributed by atoms with E-state index in [1.165, 1.54) is 0 Å². The Morgan fingerprint density at radius 3 is 2.83 bits per heavy atom. The van der Waals surface area contributed by atoms with E-state index in [0.717, 1.165) is 32.6 Å². The number of aromatic amines is 1. The molecule has 0 fully saturated rings. The Bertz CT molecular complexity index is 688. The van der Waals surface area contributed by atoms with Gasteiger partial charge in [0.15, 0.2) is 5.82 Å². The number of imidazole rings is 1. The predicted molar refractivity (Wildman–Crippen MR) is 74.9 cm³/mol. The first-order valence-corrected chi connectivity index (χ1v) is 6.36. The van der Waals surface area contributed by atoms with Crippen molar-refractivity contribution in [2.45, 2.75) is 6.54 Å². The third-order valence-electron chi connectivity index (χ3n) is 2.75. The van der Waals surface area contributed by atoms with Crippen LogP contribution in [0.25, 0.3) is 22.6 Å². The molecule has 0 saturated carbocycles. The first-order valence-electron chi connectivity index (χ1n) is 5.57. The molecule has 2 heterocycles. The number of benzene rings is 1. The number of hydrogen-bond donors (Lipinski definition) is 2. The van der Waals surface area contributed by atoms with Crippen molar-refractivity contribution < 1.29 is 0 Å². The molecule has 5 heteroatoms. The Labute approximate surface area is 112 Å². The molecule has 90 valence electrons. The summed E-state index contributed by atoms with van der Waals surface area (Å²) in [4.78, 5) is 12.1. The molecule has 0 aliphatic rings. The highest BCUT2D eigenvalue weighted by Crippen LogP contribution is 2.20. The number of aromatic nitrogens is 3. The predicted octanol–water partition coefficient (Wildman–Crippen LogP) is 2.85. The molecule has 0 unspecified atom stereocenters. The molecule has 3 N–H and O–H groups in total. The van der Waals surface area contributed by atoms with Crippen LogP contribution in [0.2, 0.25) is 0 Å². The number of H-pyrrole nitrogens is 1. The maximum absolute atomic E-state index is 5.62. The van der Waals surface area contributed by atoms with E-state index in [1.54, 1.807) is 6.20 Å². The molecule has 0 amide bonds. The molecular weight excluding hydrogens is 292 g/mol. The number of nitrogens with one attached hydrogen (secondary N) is 1. The van der Waals surface area contributed by atoms with Crippen molar-refractivity contribution in [3.63, 3.8) is 0 Å². The zero-order valence-electron chi connectivity index (χ0n) is 9.52. The van der Waals surface area contributed by atoms with Gasteiger partial charge in [0, 0.05) is 17.2 Å². The third-order valence-corrected chi connectivity index (χ3v) is 3.22. The molecule has 18 heavy (non-hydrogen) atoms. The Kier molecular flexibility index (Phi) is 2.85. The van der Waals surface area contributed by atoms with Crippen LogP contribution < -0.4 is 5.73 Å². The minimum absolute atomic E-state index is 0.529. The fourth-order valence-corrected chi connectivity index (χ4v) is 2.06. The van der Waals surface area contributed by atoms with Crippen molar-refractivity contribution in [1.82, 2.24) is 15.0 Å². The highest BCUT2D eigenvalue weighted by Gasteiger charge is 2.06. The smallest absolute Gasteiger partial charge is 0.157 e. The molecule has 0 spiro atoms. The molecule has 3 aromatic rings. The molecular formula is C13H11BrN4. The lowest BCUT2D eigenvalue weighted by Gasteiger charge is -1.95. The summed E-state index contributed by atoms with van der Waals surface area (Å²) in [5, 5.41) is 0. The summed E-state index contributed by atoms with van der Waals surface area (Å²) >= 11 is 3.36. The van der Waals surface area contributed by atoms with Gasteiger partial charge in [0.05, 0.1) is 11.0 Å². The lowest BCUT2D eigenvalue weighted by atomic mass is 10.2. The van der Waals surface area contributed by atoms with Crippen molar-refractivity contribution >= 4 is 27.0 Å². The van der Waals surface area contributed by atoms with Crippen molar-refractivity contribution in [3.05, 3.63) is 46.6 Å². The van der Waals surface area contributed by atoms with E-state index >= 15 is 0 Å². The van der Waals surface area contributed by atoms with Gasteiger partial charge in [-0.2, -0.15) is 0 Å². The fraction of sp³-hybridized carbons (Fsp3) is 0.0769. The minimum atomic E-state index is 0.529. The summed E-state index contributed by atoms with van der Waals surface area (Å²) in [5.41, 5.74) is 9.44. The van der Waals surface area contributed by atoms with Crippen LogP contribution in [0.4, 0.5) is 0 Å². The number of nitrogens with two attached hydrogens (primary N) is 1. The van der Waals surface area contributed by atoms with Gasteiger partial charge in [-0.1, -0.05) is 6.07 Å². The number of fused-ring (bicyclic) bond motifs is 1. The highest BCUT2D eigenvalue weighted by molar-refractivity contribution is 9.10. The van der Waals surface area contributed by atoms with Crippen LogP contribution >= 0.6 is 15.9 Å². The van der Waals surface area contributed by atoms with Crippen molar-refractivity contribution in [1.29, 1.82) is 0 Å². The standard InChI is InChI=1S/C13H11BrN4/c14-9-2-4-11(16-7-9)13-17-10-3-1-8(6-15)5-12(10)18-13/h1-5,7H,6,15H2,(H,17,18). The zero-order chi connectivity index (χ0) is 12.5. The van der Waals surface area contributed by atoms with E-state index in [0.29, 0.717) is 6.54 Å². The SMILES string of the molecule is NCc1ccc2nc(-c3ccc(Br)cn3)[nH]c2c1. The van der Waals surface area contributed by atoms with Gasteiger partial charge in [-0.15, -0.1) is 0 Å². The highest BCUT2D eigenvalue weighted by atomic mass is 79.9. The molecule has 1 aromatic carbocycles. The van der Waals surface area contributed by atoms with Crippen LogP contribution in [0.1, 0.15) is 5.56 Å². The van der Waals surface area contributed by atoms with Crippen LogP contribution in [0, 0.1) is 0 Å². The Morgan fingerprint density at radius 1 is 1.22 bits per heavy atom. The van der Waals surface area contributed by atoms with E-state index in [-0.39, 0.29) is 0 Å². The summed E-state index contributed by atoms with van der Waals surface area (Å²) in [7, 11) is 0. The van der Waals surface area contributed by atoms with Crippen molar-refractivity contribution in [3.8, 4) is 11.5 Å². The minimum Gasteiger partial charge on any atom is -0.337 e. The molecule has 4 nitrogen and oxygen atoms in total. The van der Waals surface area contributed by atoms with E-state index in [1.807, 2.05) is 30.3 Å². The van der Waals surface area contributed by atoms with Gasteiger partial charge in [0.1, 0.15) is 5.69 Å². The summed E-state index contributed by atoms with van der Waals surface area (Å²) in [6.07, 6.45) is 1.76. The average molecular weight is 303 g/mol. The number of pyridine rings is 1. The molecule has 0 aliphatic carbocycles. The van der Waals surface area contributed by atoms with E-state index in [4.69, 9.17) is 5.73 Å². The lowest BCUT2D eigenvalue weighted by Crippen LogP contribution is -1.95. The first kappa shape index (κ1) is 11.4. The summed E-state index contributed by atoms with van der Waals surface area (Å²) in [6, 6.07) is 9.84. The third kappa shape index (κ3) is 2.02. The maximum Gasteiger partial charge on any atom is 0.157 e. The van der Waals surface area contributed by atoms with Gasteiger partial charge in [-0.05, 0) is 45.8 Å². The van der Waals surface area contributed by atoms with Crippen LogP contribution in [-0.2, 0) is 6.54 Å². The largest absolute Gasteiger partial charge is 0.337 e. The molecule has 0 radical (unpaired) electrons. The van der Waals surface area contributed by atoms with Crippen molar-refractivity contribution in [2.75, 3.05) is 0 Å². The van der Waals surface area contributed by atoms with Gasteiger partial charge in [0.2, 0.25) is 0 Å². The van der Waals surface area contributed by atoms with Crippen LogP contribution in [0.3, 0.4) is 0 Å². The summed E-state index contributed by atoms with van der Waals surface area (Å²) in [6.45, 7) is 0.529. The van der Waals surface area contributed by atoms with Gasteiger partial charge in [-0.25, -0.2) is 4.98 Å². The molecule has 0 saturated heterocycles. The zero-order valence-corrected chi connectivity index (χ0v) is 11.1. The Balaban J connectivity index is 2.10. The second-order valence-electron chi connectivity index (χ2n) is 4.00.